The van der Waals surface area contributed by atoms with E-state index in [1.54, 1.807) is 0 Å². The van der Waals surface area contributed by atoms with Crippen LogP contribution >= 0.6 is 0 Å². The van der Waals surface area contributed by atoms with Crippen molar-refractivity contribution in [2.45, 2.75) is 25.8 Å². The number of piperazine rings is 1. The zero-order valence-electron chi connectivity index (χ0n) is 11.4. The molecule has 0 saturated carbocycles. The van der Waals surface area contributed by atoms with E-state index in [9.17, 15) is 0 Å². The Labute approximate surface area is 110 Å². The Kier molecular flexibility index (Phi) is 4.41. The van der Waals surface area contributed by atoms with Crippen LogP contribution in [-0.2, 0) is 5.54 Å². The third-order valence-corrected chi connectivity index (χ3v) is 3.62. The summed E-state index contributed by atoms with van der Waals surface area (Å²) in [6.45, 7) is 8.50. The van der Waals surface area contributed by atoms with Gasteiger partial charge in [-0.1, -0.05) is 30.3 Å². The van der Waals surface area contributed by atoms with Gasteiger partial charge < -0.3 is 5.32 Å². The van der Waals surface area contributed by atoms with Gasteiger partial charge in [0.05, 0.1) is 5.54 Å². The van der Waals surface area contributed by atoms with E-state index in [0.29, 0.717) is 0 Å². The molecular weight excluding hydrogens is 220 g/mol. The molecule has 2 rings (SSSR count). The van der Waals surface area contributed by atoms with Gasteiger partial charge in [-0.3, -0.25) is 4.90 Å². The van der Waals surface area contributed by atoms with Crippen molar-refractivity contribution in [1.29, 1.82) is 0 Å². The standard InChI is InChI=1S/C16H22N2/c1-3-4-8-12-18-13-11-17-16(2,14-18)15-9-6-5-7-10-15/h5-7,9-10,17H,8,11-14H2,1-2H3. The fraction of sp³-hybridized carbons (Fsp3) is 0.500. The summed E-state index contributed by atoms with van der Waals surface area (Å²) in [7, 11) is 0. The molecule has 0 radical (unpaired) electrons. The van der Waals surface area contributed by atoms with Crippen molar-refractivity contribution in [3.63, 3.8) is 0 Å². The number of benzene rings is 1. The molecular formula is C16H22N2. The zero-order chi connectivity index (χ0) is 12.8. The van der Waals surface area contributed by atoms with Gasteiger partial charge in [-0.2, -0.15) is 0 Å². The lowest BCUT2D eigenvalue weighted by atomic mass is 9.89. The molecule has 1 aromatic carbocycles. The van der Waals surface area contributed by atoms with Gasteiger partial charge in [-0.25, -0.2) is 0 Å². The van der Waals surface area contributed by atoms with Crippen LogP contribution in [0.4, 0.5) is 0 Å². The third-order valence-electron chi connectivity index (χ3n) is 3.62. The van der Waals surface area contributed by atoms with E-state index >= 15 is 0 Å². The summed E-state index contributed by atoms with van der Waals surface area (Å²) in [5, 5.41) is 3.65. The number of nitrogens with one attached hydrogen (secondary N) is 1. The van der Waals surface area contributed by atoms with Crippen molar-refractivity contribution >= 4 is 0 Å². The molecule has 0 spiro atoms. The minimum Gasteiger partial charge on any atom is -0.305 e. The largest absolute Gasteiger partial charge is 0.305 e. The van der Waals surface area contributed by atoms with Crippen LogP contribution in [0.15, 0.2) is 30.3 Å². The number of hydrogen-bond donors (Lipinski definition) is 1. The maximum Gasteiger partial charge on any atom is 0.0535 e. The average molecular weight is 242 g/mol. The van der Waals surface area contributed by atoms with Gasteiger partial charge in [0, 0.05) is 32.6 Å². The zero-order valence-corrected chi connectivity index (χ0v) is 11.4. The summed E-state index contributed by atoms with van der Waals surface area (Å²) >= 11 is 0. The summed E-state index contributed by atoms with van der Waals surface area (Å²) in [6, 6.07) is 10.7. The fourth-order valence-electron chi connectivity index (χ4n) is 2.60. The van der Waals surface area contributed by atoms with Crippen molar-refractivity contribution in [2.24, 2.45) is 0 Å². The smallest absolute Gasteiger partial charge is 0.0535 e. The SMILES string of the molecule is CC#CCCN1CCNC(C)(c2ccccc2)C1. The van der Waals surface area contributed by atoms with Gasteiger partial charge in [-0.15, -0.1) is 11.8 Å². The van der Waals surface area contributed by atoms with E-state index in [0.717, 1.165) is 32.6 Å². The first kappa shape index (κ1) is 13.1. The Morgan fingerprint density at radius 3 is 2.83 bits per heavy atom. The molecule has 1 N–H and O–H groups in total. The Hall–Kier alpha value is -1.30. The molecule has 96 valence electrons. The van der Waals surface area contributed by atoms with Crippen molar-refractivity contribution in [3.05, 3.63) is 35.9 Å². The first-order valence-electron chi connectivity index (χ1n) is 6.67. The van der Waals surface area contributed by atoms with Crippen LogP contribution in [-0.4, -0.2) is 31.1 Å². The molecule has 0 amide bonds. The monoisotopic (exact) mass is 242 g/mol. The molecule has 0 bridgehead atoms. The molecule has 1 atom stereocenters. The summed E-state index contributed by atoms with van der Waals surface area (Å²) < 4.78 is 0. The first-order valence-corrected chi connectivity index (χ1v) is 6.67. The molecule has 0 aliphatic carbocycles. The van der Waals surface area contributed by atoms with Gasteiger partial charge in [0.25, 0.3) is 0 Å². The molecule has 1 saturated heterocycles. The molecule has 1 unspecified atom stereocenters. The van der Waals surface area contributed by atoms with E-state index in [2.05, 4.69) is 59.3 Å². The van der Waals surface area contributed by atoms with Crippen LogP contribution in [0.1, 0.15) is 25.8 Å². The third kappa shape index (κ3) is 3.13. The topological polar surface area (TPSA) is 15.3 Å². The van der Waals surface area contributed by atoms with Gasteiger partial charge in [0.2, 0.25) is 0 Å². The predicted molar refractivity (Wildman–Crippen MR) is 76.3 cm³/mol. The van der Waals surface area contributed by atoms with Crippen molar-refractivity contribution in [1.82, 2.24) is 10.2 Å². The first-order chi connectivity index (χ1) is 8.74. The lowest BCUT2D eigenvalue weighted by Crippen LogP contribution is -2.56. The highest BCUT2D eigenvalue weighted by molar-refractivity contribution is 5.24. The van der Waals surface area contributed by atoms with Crippen molar-refractivity contribution in [3.8, 4) is 11.8 Å². The number of nitrogens with zero attached hydrogens (tertiary/aromatic N) is 1. The maximum atomic E-state index is 3.65. The minimum atomic E-state index is 0.0686. The Morgan fingerprint density at radius 1 is 1.33 bits per heavy atom. The summed E-state index contributed by atoms with van der Waals surface area (Å²) in [4.78, 5) is 2.51. The molecule has 0 aromatic heterocycles. The van der Waals surface area contributed by atoms with E-state index in [-0.39, 0.29) is 5.54 Å². The molecule has 1 aliphatic heterocycles. The van der Waals surface area contributed by atoms with Crippen molar-refractivity contribution in [2.75, 3.05) is 26.2 Å². The van der Waals surface area contributed by atoms with Gasteiger partial charge in [0.15, 0.2) is 0 Å². The molecule has 2 heteroatoms. The summed E-state index contributed by atoms with van der Waals surface area (Å²) in [5.41, 5.74) is 1.44. The molecule has 1 fully saturated rings. The fourth-order valence-corrected chi connectivity index (χ4v) is 2.60. The van der Waals surface area contributed by atoms with Crippen LogP contribution in [0.2, 0.25) is 0 Å². The molecule has 1 aliphatic rings. The van der Waals surface area contributed by atoms with E-state index in [1.165, 1.54) is 5.56 Å². The van der Waals surface area contributed by atoms with Gasteiger partial charge in [-0.05, 0) is 19.4 Å². The highest BCUT2D eigenvalue weighted by Crippen LogP contribution is 2.24. The lowest BCUT2D eigenvalue weighted by molar-refractivity contribution is 0.145. The van der Waals surface area contributed by atoms with Crippen LogP contribution in [0.25, 0.3) is 0 Å². The Balaban J connectivity index is 2.02. The van der Waals surface area contributed by atoms with E-state index < -0.39 is 0 Å². The summed E-state index contributed by atoms with van der Waals surface area (Å²) in [6.07, 6.45) is 0.974. The maximum absolute atomic E-state index is 3.65. The van der Waals surface area contributed by atoms with E-state index in [1.807, 2.05) is 6.92 Å². The Morgan fingerprint density at radius 2 is 2.11 bits per heavy atom. The average Bonchev–Trinajstić information content (AvgIpc) is 2.40. The Bertz CT molecular complexity index is 429. The molecule has 2 nitrogen and oxygen atoms in total. The van der Waals surface area contributed by atoms with E-state index in [4.69, 9.17) is 0 Å². The molecule has 1 heterocycles. The molecule has 1 aromatic rings. The van der Waals surface area contributed by atoms with Crippen LogP contribution in [0.3, 0.4) is 0 Å². The minimum absolute atomic E-state index is 0.0686. The predicted octanol–water partition coefficient (Wildman–Crippen LogP) is 2.22. The molecule has 18 heavy (non-hydrogen) atoms. The van der Waals surface area contributed by atoms with Crippen LogP contribution in [0, 0.1) is 11.8 Å². The lowest BCUT2D eigenvalue weighted by Gasteiger charge is -2.41. The second-order valence-electron chi connectivity index (χ2n) is 5.08. The second-order valence-corrected chi connectivity index (χ2v) is 5.08. The highest BCUT2D eigenvalue weighted by Gasteiger charge is 2.31. The second kappa shape index (κ2) is 6.04. The van der Waals surface area contributed by atoms with Gasteiger partial charge in [0.1, 0.15) is 0 Å². The number of rotatable bonds is 3. The quantitative estimate of drug-likeness (QED) is 0.818. The van der Waals surface area contributed by atoms with Crippen molar-refractivity contribution < 1.29 is 0 Å². The van der Waals surface area contributed by atoms with Gasteiger partial charge >= 0.3 is 0 Å². The summed E-state index contributed by atoms with van der Waals surface area (Å²) in [5.74, 6) is 6.12. The van der Waals surface area contributed by atoms with Crippen LogP contribution < -0.4 is 5.32 Å². The normalized spacial score (nSPS) is 24.3. The number of hydrogen-bond acceptors (Lipinski definition) is 2. The van der Waals surface area contributed by atoms with Crippen LogP contribution in [0.5, 0.6) is 0 Å². The highest BCUT2D eigenvalue weighted by atomic mass is 15.2.